The Labute approximate surface area is 122 Å². The lowest BCUT2D eigenvalue weighted by Gasteiger charge is -2.06. The van der Waals surface area contributed by atoms with Gasteiger partial charge in [-0.25, -0.2) is 14.2 Å². The van der Waals surface area contributed by atoms with Crippen LogP contribution in [0.1, 0.15) is 20.9 Å². The van der Waals surface area contributed by atoms with Gasteiger partial charge in [0.05, 0.1) is 22.2 Å². The van der Waals surface area contributed by atoms with Gasteiger partial charge in [0.2, 0.25) is 0 Å². The molecule has 0 bridgehead atoms. The SMILES string of the molecule is Cc1nc(Nc2cc(C(=O)O)c(F)cc2[N+](=O)[O-])sc1C. The summed E-state index contributed by atoms with van der Waals surface area (Å²) in [6.45, 7) is 3.61. The zero-order valence-corrected chi connectivity index (χ0v) is 11.8. The average Bonchev–Trinajstić information content (AvgIpc) is 2.69. The predicted molar refractivity (Wildman–Crippen MR) is 74.9 cm³/mol. The van der Waals surface area contributed by atoms with Crippen molar-refractivity contribution in [2.75, 3.05) is 5.32 Å². The summed E-state index contributed by atoms with van der Waals surface area (Å²) in [7, 11) is 0. The van der Waals surface area contributed by atoms with Crippen LogP contribution in [0.5, 0.6) is 0 Å². The van der Waals surface area contributed by atoms with E-state index in [1.807, 2.05) is 6.92 Å². The van der Waals surface area contributed by atoms with Gasteiger partial charge in [-0.15, -0.1) is 11.3 Å². The highest BCUT2D eigenvalue weighted by atomic mass is 32.1. The summed E-state index contributed by atoms with van der Waals surface area (Å²) in [6.07, 6.45) is 0. The number of anilines is 2. The number of hydrogen-bond acceptors (Lipinski definition) is 6. The van der Waals surface area contributed by atoms with Crippen LogP contribution in [0.4, 0.5) is 20.9 Å². The van der Waals surface area contributed by atoms with E-state index in [0.717, 1.165) is 16.6 Å². The molecular weight excluding hydrogens is 301 g/mol. The number of nitro benzene ring substituents is 1. The smallest absolute Gasteiger partial charge is 0.338 e. The Morgan fingerprint density at radius 3 is 2.62 bits per heavy atom. The van der Waals surface area contributed by atoms with Gasteiger partial charge in [0.15, 0.2) is 5.13 Å². The fraction of sp³-hybridized carbons (Fsp3) is 0.167. The monoisotopic (exact) mass is 311 g/mol. The minimum atomic E-state index is -1.50. The Morgan fingerprint density at radius 1 is 1.48 bits per heavy atom. The molecule has 0 aliphatic carbocycles. The lowest BCUT2D eigenvalue weighted by molar-refractivity contribution is -0.384. The number of carboxylic acid groups (broad SMARTS) is 1. The molecule has 9 heteroatoms. The van der Waals surface area contributed by atoms with Crippen molar-refractivity contribution in [3.8, 4) is 0 Å². The maximum atomic E-state index is 13.5. The molecule has 0 amide bonds. The van der Waals surface area contributed by atoms with Crippen LogP contribution in [-0.2, 0) is 0 Å². The van der Waals surface area contributed by atoms with Crippen molar-refractivity contribution in [3.05, 3.63) is 44.2 Å². The molecular formula is C12H10FN3O4S. The van der Waals surface area contributed by atoms with Crippen LogP contribution in [0.3, 0.4) is 0 Å². The molecule has 110 valence electrons. The zero-order valence-electron chi connectivity index (χ0n) is 11.0. The Balaban J connectivity index is 2.51. The third-order valence-corrected chi connectivity index (χ3v) is 3.77. The first-order chi connectivity index (χ1) is 9.79. The summed E-state index contributed by atoms with van der Waals surface area (Å²) in [5, 5.41) is 22.9. The quantitative estimate of drug-likeness (QED) is 0.663. The van der Waals surface area contributed by atoms with E-state index in [1.54, 1.807) is 6.92 Å². The number of nitrogens with zero attached hydrogens (tertiary/aromatic N) is 2. The molecule has 0 aliphatic rings. The molecule has 0 aliphatic heterocycles. The number of halogens is 1. The Bertz CT molecular complexity index is 725. The Morgan fingerprint density at radius 2 is 2.14 bits per heavy atom. The van der Waals surface area contributed by atoms with E-state index in [0.29, 0.717) is 11.2 Å². The number of hydrogen-bond donors (Lipinski definition) is 2. The third-order valence-electron chi connectivity index (χ3n) is 2.78. The summed E-state index contributed by atoms with van der Waals surface area (Å²) < 4.78 is 13.5. The van der Waals surface area contributed by atoms with Crippen molar-refractivity contribution in [2.24, 2.45) is 0 Å². The molecule has 0 atom stereocenters. The second-order valence-electron chi connectivity index (χ2n) is 4.20. The number of aryl methyl sites for hydroxylation is 2. The lowest BCUT2D eigenvalue weighted by atomic mass is 10.1. The molecule has 21 heavy (non-hydrogen) atoms. The molecule has 0 radical (unpaired) electrons. The van der Waals surface area contributed by atoms with E-state index >= 15 is 0 Å². The third kappa shape index (κ3) is 2.97. The van der Waals surface area contributed by atoms with Crippen molar-refractivity contribution >= 4 is 33.8 Å². The van der Waals surface area contributed by atoms with Crippen LogP contribution in [0, 0.1) is 29.8 Å². The maximum Gasteiger partial charge on any atom is 0.338 e. The molecule has 1 aromatic carbocycles. The maximum absolute atomic E-state index is 13.5. The summed E-state index contributed by atoms with van der Waals surface area (Å²) in [5.74, 6) is -2.66. The second-order valence-corrected chi connectivity index (χ2v) is 5.40. The van der Waals surface area contributed by atoms with Crippen LogP contribution in [0.2, 0.25) is 0 Å². The molecule has 2 aromatic rings. The van der Waals surface area contributed by atoms with Gasteiger partial charge in [0.1, 0.15) is 11.5 Å². The molecule has 1 aromatic heterocycles. The predicted octanol–water partition coefficient (Wildman–Crippen LogP) is 3.25. The van der Waals surface area contributed by atoms with Crippen LogP contribution in [-0.4, -0.2) is 21.0 Å². The van der Waals surface area contributed by atoms with E-state index < -0.39 is 28.0 Å². The van der Waals surface area contributed by atoms with Gasteiger partial charge >= 0.3 is 5.97 Å². The first kappa shape index (κ1) is 14.9. The van der Waals surface area contributed by atoms with Crippen molar-refractivity contribution < 1.29 is 19.2 Å². The highest BCUT2D eigenvalue weighted by Crippen LogP contribution is 2.32. The first-order valence-corrected chi connectivity index (χ1v) is 6.53. The lowest BCUT2D eigenvalue weighted by Crippen LogP contribution is -2.05. The number of aromatic carboxylic acids is 1. The van der Waals surface area contributed by atoms with Gasteiger partial charge in [0, 0.05) is 4.88 Å². The fourth-order valence-corrected chi connectivity index (χ4v) is 2.45. The number of rotatable bonds is 4. The number of aromatic nitrogens is 1. The molecule has 0 saturated carbocycles. The van der Waals surface area contributed by atoms with E-state index in [4.69, 9.17) is 5.11 Å². The van der Waals surface area contributed by atoms with Crippen LogP contribution in [0.15, 0.2) is 12.1 Å². The average molecular weight is 311 g/mol. The highest BCUT2D eigenvalue weighted by Gasteiger charge is 2.22. The summed E-state index contributed by atoms with van der Waals surface area (Å²) in [5.41, 5.74) is -0.561. The van der Waals surface area contributed by atoms with Crippen molar-refractivity contribution in [1.29, 1.82) is 0 Å². The topological polar surface area (TPSA) is 105 Å². The number of carbonyl (C=O) groups is 1. The largest absolute Gasteiger partial charge is 0.478 e. The van der Waals surface area contributed by atoms with Gasteiger partial charge in [-0.2, -0.15) is 0 Å². The summed E-state index contributed by atoms with van der Waals surface area (Å²) in [6, 6.07) is 1.47. The van der Waals surface area contributed by atoms with Gasteiger partial charge in [0.25, 0.3) is 5.69 Å². The molecule has 2 N–H and O–H groups in total. The van der Waals surface area contributed by atoms with E-state index in [9.17, 15) is 19.3 Å². The molecule has 0 spiro atoms. The molecule has 0 fully saturated rings. The fourth-order valence-electron chi connectivity index (χ4n) is 1.62. The molecule has 1 heterocycles. The molecule has 2 rings (SSSR count). The Kier molecular flexibility index (Phi) is 3.85. The van der Waals surface area contributed by atoms with Crippen LogP contribution >= 0.6 is 11.3 Å². The molecule has 7 nitrogen and oxygen atoms in total. The summed E-state index contributed by atoms with van der Waals surface area (Å²) >= 11 is 1.26. The minimum Gasteiger partial charge on any atom is -0.478 e. The van der Waals surface area contributed by atoms with Gasteiger partial charge in [-0.1, -0.05) is 0 Å². The molecule has 0 saturated heterocycles. The normalized spacial score (nSPS) is 10.4. The standard InChI is InChI=1S/C12H10FN3O4S/c1-5-6(2)21-12(14-5)15-9-3-7(11(17)18)8(13)4-10(9)16(19)20/h3-4H,1-2H3,(H,14,15)(H,17,18). The van der Waals surface area contributed by atoms with E-state index in [1.165, 1.54) is 11.3 Å². The van der Waals surface area contributed by atoms with Crippen molar-refractivity contribution in [3.63, 3.8) is 0 Å². The number of nitrogens with one attached hydrogen (secondary N) is 1. The van der Waals surface area contributed by atoms with Crippen molar-refractivity contribution in [1.82, 2.24) is 4.98 Å². The number of thiazole rings is 1. The number of nitro groups is 1. The van der Waals surface area contributed by atoms with Crippen LogP contribution in [0.25, 0.3) is 0 Å². The van der Waals surface area contributed by atoms with E-state index in [-0.39, 0.29) is 5.69 Å². The molecule has 0 unspecified atom stereocenters. The Hall–Kier alpha value is -2.55. The summed E-state index contributed by atoms with van der Waals surface area (Å²) in [4.78, 5) is 26.1. The van der Waals surface area contributed by atoms with Crippen molar-refractivity contribution in [2.45, 2.75) is 13.8 Å². The number of carboxylic acids is 1. The van der Waals surface area contributed by atoms with Gasteiger partial charge in [-0.3, -0.25) is 10.1 Å². The first-order valence-electron chi connectivity index (χ1n) is 5.72. The second kappa shape index (κ2) is 5.44. The van der Waals surface area contributed by atoms with Gasteiger partial charge in [-0.05, 0) is 19.9 Å². The van der Waals surface area contributed by atoms with Crippen LogP contribution < -0.4 is 5.32 Å². The minimum absolute atomic E-state index is 0.118. The van der Waals surface area contributed by atoms with Gasteiger partial charge < -0.3 is 10.4 Å². The zero-order chi connectivity index (χ0) is 15.7. The number of benzene rings is 1. The highest BCUT2D eigenvalue weighted by molar-refractivity contribution is 7.15. The van der Waals surface area contributed by atoms with E-state index in [2.05, 4.69) is 10.3 Å².